The van der Waals surface area contributed by atoms with Crippen molar-refractivity contribution in [2.45, 2.75) is 51.2 Å². The SMILES string of the molecule is CC[C@H](Oc1ccccc1F)C(=O)N1CCc2nc([C@H]3CCCNC3)ncc2C1. The van der Waals surface area contributed by atoms with E-state index in [0.717, 1.165) is 43.0 Å². The summed E-state index contributed by atoms with van der Waals surface area (Å²) >= 11 is 0. The van der Waals surface area contributed by atoms with Gasteiger partial charge in [0.15, 0.2) is 17.7 Å². The van der Waals surface area contributed by atoms with Crippen molar-refractivity contribution in [2.75, 3.05) is 19.6 Å². The molecule has 1 amide bonds. The van der Waals surface area contributed by atoms with Crippen LogP contribution in [0.2, 0.25) is 0 Å². The number of nitrogens with zero attached hydrogens (tertiary/aromatic N) is 3. The minimum atomic E-state index is -0.707. The van der Waals surface area contributed by atoms with Gasteiger partial charge in [-0.1, -0.05) is 19.1 Å². The number of piperidine rings is 1. The van der Waals surface area contributed by atoms with Gasteiger partial charge in [0.2, 0.25) is 0 Å². The summed E-state index contributed by atoms with van der Waals surface area (Å²) < 4.78 is 19.6. The lowest BCUT2D eigenvalue weighted by molar-refractivity contribution is -0.140. The summed E-state index contributed by atoms with van der Waals surface area (Å²) in [5.74, 6) is 0.805. The lowest BCUT2D eigenvalue weighted by Crippen LogP contribution is -2.44. The molecule has 1 saturated heterocycles. The number of para-hydroxylation sites is 1. The van der Waals surface area contributed by atoms with Gasteiger partial charge in [-0.25, -0.2) is 14.4 Å². The van der Waals surface area contributed by atoms with Crippen LogP contribution in [-0.4, -0.2) is 46.5 Å². The zero-order chi connectivity index (χ0) is 20.2. The molecule has 1 aromatic heterocycles. The number of benzene rings is 1. The molecule has 2 atom stereocenters. The Kier molecular flexibility index (Phi) is 6.04. The number of fused-ring (bicyclic) bond motifs is 1. The first kappa shape index (κ1) is 19.8. The number of carbonyl (C=O) groups is 1. The third-order valence-electron chi connectivity index (χ3n) is 5.68. The highest BCUT2D eigenvalue weighted by atomic mass is 19.1. The van der Waals surface area contributed by atoms with E-state index in [1.165, 1.54) is 6.07 Å². The van der Waals surface area contributed by atoms with E-state index < -0.39 is 11.9 Å². The molecule has 6 nitrogen and oxygen atoms in total. The molecule has 0 saturated carbocycles. The molecule has 154 valence electrons. The highest BCUT2D eigenvalue weighted by Gasteiger charge is 2.29. The van der Waals surface area contributed by atoms with E-state index in [2.05, 4.69) is 10.3 Å². The average Bonchev–Trinajstić information content (AvgIpc) is 2.78. The second kappa shape index (κ2) is 8.86. The molecule has 0 radical (unpaired) electrons. The number of amides is 1. The van der Waals surface area contributed by atoms with E-state index in [1.54, 1.807) is 23.1 Å². The minimum absolute atomic E-state index is 0.110. The van der Waals surface area contributed by atoms with E-state index in [0.29, 0.717) is 31.8 Å². The maximum atomic E-state index is 13.9. The standard InChI is InChI=1S/C22H27FN4O2/c1-2-19(29-20-8-4-3-7-17(20)23)22(28)27-11-9-18-16(14-27)13-25-21(26-18)15-6-5-10-24-12-15/h3-4,7-8,13,15,19,24H,2,5-6,9-12,14H2,1H3/t15-,19-/m0/s1. The Morgan fingerprint density at radius 1 is 1.41 bits per heavy atom. The molecule has 0 aliphatic carbocycles. The maximum absolute atomic E-state index is 13.9. The third-order valence-corrected chi connectivity index (χ3v) is 5.68. The number of halogens is 1. The van der Waals surface area contributed by atoms with Gasteiger partial charge in [-0.2, -0.15) is 0 Å². The van der Waals surface area contributed by atoms with Crippen LogP contribution in [0.25, 0.3) is 0 Å². The fourth-order valence-electron chi connectivity index (χ4n) is 3.99. The van der Waals surface area contributed by atoms with E-state index in [4.69, 9.17) is 9.72 Å². The molecule has 7 heteroatoms. The van der Waals surface area contributed by atoms with Gasteiger partial charge >= 0.3 is 0 Å². The molecule has 0 bridgehead atoms. The summed E-state index contributed by atoms with van der Waals surface area (Å²) in [6, 6.07) is 6.18. The zero-order valence-electron chi connectivity index (χ0n) is 16.7. The number of ether oxygens (including phenoxy) is 1. The predicted molar refractivity (Wildman–Crippen MR) is 107 cm³/mol. The Balaban J connectivity index is 1.44. The van der Waals surface area contributed by atoms with Crippen molar-refractivity contribution in [3.8, 4) is 5.75 Å². The average molecular weight is 398 g/mol. The fraction of sp³-hybridized carbons (Fsp3) is 0.500. The van der Waals surface area contributed by atoms with E-state index in [1.807, 2.05) is 13.1 Å². The molecule has 2 aliphatic rings. The Morgan fingerprint density at radius 2 is 2.28 bits per heavy atom. The molecule has 2 aromatic rings. The van der Waals surface area contributed by atoms with Crippen molar-refractivity contribution in [1.29, 1.82) is 0 Å². The summed E-state index contributed by atoms with van der Waals surface area (Å²) in [6.07, 6.45) is 4.59. The number of hydrogen-bond donors (Lipinski definition) is 1. The molecular formula is C22H27FN4O2. The first-order valence-electron chi connectivity index (χ1n) is 10.4. The Labute approximate surface area is 170 Å². The Bertz CT molecular complexity index is 870. The summed E-state index contributed by atoms with van der Waals surface area (Å²) in [6.45, 7) is 4.91. The largest absolute Gasteiger partial charge is 0.478 e. The van der Waals surface area contributed by atoms with Crippen LogP contribution in [0.1, 0.15) is 49.2 Å². The highest BCUT2D eigenvalue weighted by molar-refractivity contribution is 5.81. The summed E-state index contributed by atoms with van der Waals surface area (Å²) in [4.78, 5) is 24.2. The second-order valence-electron chi connectivity index (χ2n) is 7.70. The quantitative estimate of drug-likeness (QED) is 0.839. The van der Waals surface area contributed by atoms with Gasteiger partial charge in [0.25, 0.3) is 5.91 Å². The van der Waals surface area contributed by atoms with Crippen molar-refractivity contribution < 1.29 is 13.9 Å². The van der Waals surface area contributed by atoms with Gasteiger partial charge in [-0.05, 0) is 37.9 Å². The zero-order valence-corrected chi connectivity index (χ0v) is 16.7. The minimum Gasteiger partial charge on any atom is -0.478 e. The monoisotopic (exact) mass is 398 g/mol. The predicted octanol–water partition coefficient (Wildman–Crippen LogP) is 2.83. The van der Waals surface area contributed by atoms with Crippen LogP contribution in [0.5, 0.6) is 5.75 Å². The van der Waals surface area contributed by atoms with E-state index in [-0.39, 0.29) is 11.7 Å². The Morgan fingerprint density at radius 3 is 3.03 bits per heavy atom. The molecule has 1 N–H and O–H groups in total. The van der Waals surface area contributed by atoms with Crippen LogP contribution in [0.3, 0.4) is 0 Å². The number of hydrogen-bond acceptors (Lipinski definition) is 5. The fourth-order valence-corrected chi connectivity index (χ4v) is 3.99. The molecule has 0 spiro atoms. The third kappa shape index (κ3) is 4.40. The molecular weight excluding hydrogens is 371 g/mol. The smallest absolute Gasteiger partial charge is 0.263 e. The number of aromatic nitrogens is 2. The first-order valence-corrected chi connectivity index (χ1v) is 10.4. The highest BCUT2D eigenvalue weighted by Crippen LogP contribution is 2.25. The summed E-state index contributed by atoms with van der Waals surface area (Å²) in [7, 11) is 0. The van der Waals surface area contributed by atoms with Crippen LogP contribution in [0.4, 0.5) is 4.39 Å². The van der Waals surface area contributed by atoms with Crippen LogP contribution < -0.4 is 10.1 Å². The number of rotatable bonds is 5. The van der Waals surface area contributed by atoms with Crippen LogP contribution >= 0.6 is 0 Å². The lowest BCUT2D eigenvalue weighted by Gasteiger charge is -2.31. The van der Waals surface area contributed by atoms with Gasteiger partial charge in [0.05, 0.1) is 5.69 Å². The van der Waals surface area contributed by atoms with Crippen LogP contribution in [0.15, 0.2) is 30.5 Å². The molecule has 1 fully saturated rings. The van der Waals surface area contributed by atoms with Crippen molar-refractivity contribution in [3.63, 3.8) is 0 Å². The first-order chi connectivity index (χ1) is 14.2. The Hall–Kier alpha value is -2.54. The molecule has 29 heavy (non-hydrogen) atoms. The van der Waals surface area contributed by atoms with Crippen molar-refractivity contribution in [2.24, 2.45) is 0 Å². The van der Waals surface area contributed by atoms with Crippen molar-refractivity contribution in [1.82, 2.24) is 20.2 Å². The van der Waals surface area contributed by atoms with Crippen molar-refractivity contribution >= 4 is 5.91 Å². The number of carbonyl (C=O) groups excluding carboxylic acids is 1. The van der Waals surface area contributed by atoms with Gasteiger partial charge in [-0.3, -0.25) is 4.79 Å². The van der Waals surface area contributed by atoms with Gasteiger partial charge < -0.3 is 15.0 Å². The molecule has 1 aromatic carbocycles. The summed E-state index contributed by atoms with van der Waals surface area (Å²) in [5, 5.41) is 3.40. The summed E-state index contributed by atoms with van der Waals surface area (Å²) in [5.41, 5.74) is 2.02. The second-order valence-corrected chi connectivity index (χ2v) is 7.70. The molecule has 4 rings (SSSR count). The molecule has 0 unspecified atom stereocenters. The van der Waals surface area contributed by atoms with Gasteiger partial charge in [-0.15, -0.1) is 0 Å². The normalized spacial score (nSPS) is 20.1. The topological polar surface area (TPSA) is 67.3 Å². The number of nitrogens with one attached hydrogen (secondary N) is 1. The van der Waals surface area contributed by atoms with E-state index in [9.17, 15) is 9.18 Å². The van der Waals surface area contributed by atoms with Crippen molar-refractivity contribution in [3.05, 3.63) is 53.4 Å². The lowest BCUT2D eigenvalue weighted by atomic mass is 9.98. The maximum Gasteiger partial charge on any atom is 0.263 e. The van der Waals surface area contributed by atoms with Crippen LogP contribution in [-0.2, 0) is 17.8 Å². The van der Waals surface area contributed by atoms with Crippen LogP contribution in [0, 0.1) is 5.82 Å². The van der Waals surface area contributed by atoms with Gasteiger partial charge in [0.1, 0.15) is 5.82 Å². The molecule has 2 aliphatic heterocycles. The molecule has 3 heterocycles. The van der Waals surface area contributed by atoms with E-state index >= 15 is 0 Å². The van der Waals surface area contributed by atoms with Gasteiger partial charge in [0, 0.05) is 43.7 Å².